The number of amides is 1. The number of fused-ring (bicyclic) bond motifs is 9. The molecular weight excluding hydrogens is 932 g/mol. The molecule has 4 heterocycles. The van der Waals surface area contributed by atoms with Crippen LogP contribution >= 0.6 is 27.5 Å². The van der Waals surface area contributed by atoms with Gasteiger partial charge in [-0.2, -0.15) is 0 Å². The van der Waals surface area contributed by atoms with Crippen LogP contribution in [0.2, 0.25) is 59.5 Å². The van der Waals surface area contributed by atoms with Crippen LogP contribution in [0, 0.1) is 34.8 Å². The van der Waals surface area contributed by atoms with Crippen molar-refractivity contribution in [2.45, 2.75) is 206 Å². The number of alkyl carbamates (subject to hydrolysis) is 1. The van der Waals surface area contributed by atoms with Gasteiger partial charge in [0.2, 0.25) is 0 Å². The van der Waals surface area contributed by atoms with E-state index in [1.54, 1.807) is 32.9 Å². The Hall–Kier alpha value is -2.59. The van der Waals surface area contributed by atoms with E-state index in [4.69, 9.17) is 39.7 Å². The van der Waals surface area contributed by atoms with E-state index < -0.39 is 77.9 Å². The van der Waals surface area contributed by atoms with Crippen LogP contribution in [0.1, 0.15) is 122 Å². The molecular formula is C48H74BrClN2O8Si3. The lowest BCUT2D eigenvalue weighted by Gasteiger charge is -2.39. The van der Waals surface area contributed by atoms with Gasteiger partial charge in [-0.15, -0.1) is 17.0 Å². The third-order valence-corrected chi connectivity index (χ3v) is 27.1. The van der Waals surface area contributed by atoms with Crippen molar-refractivity contribution in [2.75, 3.05) is 6.61 Å². The first-order valence-corrected chi connectivity index (χ1v) is 31.9. The molecule has 3 aliphatic heterocycles. The van der Waals surface area contributed by atoms with E-state index in [9.17, 15) is 9.59 Å². The van der Waals surface area contributed by atoms with Gasteiger partial charge in [0.05, 0.1) is 29.1 Å². The molecule has 0 aromatic carbocycles. The first-order chi connectivity index (χ1) is 28.7. The summed E-state index contributed by atoms with van der Waals surface area (Å²) in [7, 11) is -6.48. The van der Waals surface area contributed by atoms with Gasteiger partial charge in [-0.05, 0) is 110 Å². The third-order valence-electron chi connectivity index (χ3n) is 12.7. The number of rotatable bonds is 8. The number of nitrogens with zero attached hydrogens (tertiary/aromatic N) is 1. The highest BCUT2D eigenvalue weighted by molar-refractivity contribution is 9.12. The van der Waals surface area contributed by atoms with Crippen LogP contribution in [0.3, 0.4) is 0 Å². The van der Waals surface area contributed by atoms with Crippen molar-refractivity contribution in [3.05, 3.63) is 33.5 Å². The van der Waals surface area contributed by atoms with Crippen LogP contribution in [-0.4, -0.2) is 83.4 Å². The Morgan fingerprint density at radius 1 is 1.02 bits per heavy atom. The molecule has 0 aliphatic carbocycles. The number of allylic oxidation sites excluding steroid dienone is 1. The summed E-state index contributed by atoms with van der Waals surface area (Å²) >= 11 is 10.7. The summed E-state index contributed by atoms with van der Waals surface area (Å²) in [6, 6.07) is 5.42. The molecule has 4 rings (SSSR count). The van der Waals surface area contributed by atoms with Crippen molar-refractivity contribution in [3.8, 4) is 40.5 Å². The van der Waals surface area contributed by atoms with Gasteiger partial charge < -0.3 is 33.4 Å². The lowest BCUT2D eigenvalue weighted by molar-refractivity contribution is -0.162. The summed E-state index contributed by atoms with van der Waals surface area (Å²) < 4.78 is 39.2. The van der Waals surface area contributed by atoms with Gasteiger partial charge in [0, 0.05) is 0 Å². The Labute approximate surface area is 396 Å². The number of esters is 1. The van der Waals surface area contributed by atoms with Crippen LogP contribution in [0.25, 0.3) is 0 Å². The second-order valence-corrected chi connectivity index (χ2v) is 37.1. The average molecular weight is 1010 g/mol. The summed E-state index contributed by atoms with van der Waals surface area (Å²) in [5.74, 6) is 12.3. The largest absolute Gasteiger partial charge is 0.479 e. The lowest BCUT2D eigenvalue weighted by Crippen LogP contribution is -2.48. The average Bonchev–Trinajstić information content (AvgIpc) is 3.40. The molecule has 1 amide bonds. The Balaban J connectivity index is 2.41. The summed E-state index contributed by atoms with van der Waals surface area (Å²) in [6.07, 6.45) is -1.38. The van der Waals surface area contributed by atoms with Crippen LogP contribution in [0.15, 0.2) is 22.7 Å². The maximum Gasteiger partial charge on any atom is 0.408 e. The maximum atomic E-state index is 13.8. The highest BCUT2D eigenvalue weighted by Gasteiger charge is 2.53. The first-order valence-electron chi connectivity index (χ1n) is 22.2. The standard InChI is InChI=1S/C48H74BrClN2O8Si3/c1-19-63(20-2,21-3)29-22-27-48-28-25-34(49)31-39(37(59-62(17,18)46(10,11)12)26-30-61(15,16)45(7,8)9)56-38-24-23-35(51-42(38)50)36(52-43(54)58-44(4,5)6)32-41(53)55-33-40(48)57-47(13,14)60-48/h23-24,31,36-37,39-40H,19-21,27,32-33H2,1-18H3,(H,52,54)/b34-31+/t36-,37+,39+,40-,48-/m1/s1. The van der Waals surface area contributed by atoms with Crippen molar-refractivity contribution >= 4 is 64.1 Å². The van der Waals surface area contributed by atoms with Crippen molar-refractivity contribution < 1.29 is 37.7 Å². The molecule has 0 spiro atoms. The van der Waals surface area contributed by atoms with Crippen molar-refractivity contribution in [2.24, 2.45) is 0 Å². The molecule has 0 radical (unpaired) electrons. The van der Waals surface area contributed by atoms with Gasteiger partial charge >= 0.3 is 12.1 Å². The summed E-state index contributed by atoms with van der Waals surface area (Å²) in [4.78, 5) is 31.6. The topological polar surface area (TPSA) is 114 Å². The number of ether oxygens (including phenoxy) is 5. The second kappa shape index (κ2) is 20.9. The molecule has 1 aromatic heterocycles. The van der Waals surface area contributed by atoms with Gasteiger partial charge in [0.1, 0.15) is 40.6 Å². The van der Waals surface area contributed by atoms with Crippen LogP contribution in [-0.2, 0) is 28.2 Å². The molecule has 5 atom stereocenters. The van der Waals surface area contributed by atoms with E-state index in [1.165, 1.54) is 0 Å². The zero-order valence-electron chi connectivity index (χ0n) is 41.3. The van der Waals surface area contributed by atoms with Crippen LogP contribution in [0.5, 0.6) is 5.75 Å². The molecule has 15 heteroatoms. The Morgan fingerprint density at radius 2 is 1.63 bits per heavy atom. The highest BCUT2D eigenvalue weighted by atomic mass is 79.9. The first kappa shape index (κ1) is 54.7. The number of halogens is 2. The Kier molecular flexibility index (Phi) is 18.2. The molecule has 350 valence electrons. The van der Waals surface area contributed by atoms with E-state index in [1.807, 2.05) is 19.9 Å². The number of nitrogens with one attached hydrogen (secondary N) is 1. The molecule has 1 N–H and O–H groups in total. The van der Waals surface area contributed by atoms with Crippen LogP contribution in [0.4, 0.5) is 4.79 Å². The number of aromatic nitrogens is 1. The monoisotopic (exact) mass is 1000 g/mol. The SMILES string of the molecule is CC[Si](C#CC[C@@]12C#C/C(Br)=C\[C@@H]([C@H](C#C[Si](C)(C)C(C)(C)C)O[Si](C)(C)C(C)(C)C)Oc3ccc(nc3Cl)[C@H](NC(=O)OC(C)(C)C)CC(=O)OC[C@H]1OC(C)(C)O2)(CC)CC. The molecule has 0 unspecified atom stereocenters. The second-order valence-electron chi connectivity index (χ2n) is 21.2. The summed E-state index contributed by atoms with van der Waals surface area (Å²) in [6.45, 7) is 37.5. The molecule has 3 aliphatic rings. The Morgan fingerprint density at radius 3 is 2.17 bits per heavy atom. The lowest BCUT2D eigenvalue weighted by atomic mass is 9.94. The zero-order chi connectivity index (χ0) is 48.0. The third kappa shape index (κ3) is 15.2. The predicted octanol–water partition coefficient (Wildman–Crippen LogP) is 12.1. The minimum atomic E-state index is -2.48. The molecule has 1 fully saturated rings. The van der Waals surface area contributed by atoms with Gasteiger partial charge in [-0.3, -0.25) is 4.79 Å². The minimum absolute atomic E-state index is 0.00664. The van der Waals surface area contributed by atoms with Gasteiger partial charge in [0.15, 0.2) is 36.7 Å². The molecule has 2 bridgehead atoms. The Bertz CT molecular complexity index is 2030. The number of hydrogen-bond donors (Lipinski definition) is 1. The number of carbonyl (C=O) groups is 2. The fourth-order valence-electron chi connectivity index (χ4n) is 6.40. The van der Waals surface area contributed by atoms with Gasteiger partial charge in [0.25, 0.3) is 0 Å². The predicted molar refractivity (Wildman–Crippen MR) is 266 cm³/mol. The fourth-order valence-corrected chi connectivity index (χ4v) is 11.5. The molecule has 63 heavy (non-hydrogen) atoms. The normalized spacial score (nSPS) is 23.7. The van der Waals surface area contributed by atoms with E-state index in [-0.39, 0.29) is 40.4 Å². The van der Waals surface area contributed by atoms with Crippen molar-refractivity contribution in [1.82, 2.24) is 10.3 Å². The van der Waals surface area contributed by atoms with Crippen molar-refractivity contribution in [1.29, 1.82) is 0 Å². The number of hydrogen-bond acceptors (Lipinski definition) is 9. The summed E-state index contributed by atoms with van der Waals surface area (Å²) in [5.41, 5.74) is 5.57. The molecule has 0 saturated carbocycles. The fraction of sp³-hybridized carbons (Fsp3) is 0.688. The highest BCUT2D eigenvalue weighted by Crippen LogP contribution is 2.41. The number of pyridine rings is 1. The number of carbonyl (C=O) groups excluding carboxylic acids is 2. The van der Waals surface area contributed by atoms with E-state index in [2.05, 4.69) is 150 Å². The minimum Gasteiger partial charge on any atom is -0.479 e. The molecule has 1 aromatic rings. The van der Waals surface area contributed by atoms with Gasteiger partial charge in [-0.1, -0.05) is 105 Å². The smallest absolute Gasteiger partial charge is 0.408 e. The summed E-state index contributed by atoms with van der Waals surface area (Å²) in [5, 5.41) is 2.64. The quantitative estimate of drug-likeness (QED) is 0.118. The zero-order valence-corrected chi connectivity index (χ0v) is 46.6. The van der Waals surface area contributed by atoms with E-state index in [0.717, 1.165) is 18.1 Å². The van der Waals surface area contributed by atoms with Crippen molar-refractivity contribution in [3.63, 3.8) is 0 Å². The molecule has 10 nitrogen and oxygen atoms in total. The molecule has 1 saturated heterocycles. The van der Waals surface area contributed by atoms with E-state index in [0.29, 0.717) is 10.2 Å². The van der Waals surface area contributed by atoms with Crippen LogP contribution < -0.4 is 10.1 Å². The van der Waals surface area contributed by atoms with Gasteiger partial charge in [-0.25, -0.2) is 9.78 Å². The van der Waals surface area contributed by atoms with E-state index >= 15 is 0 Å². The maximum absolute atomic E-state index is 13.8.